The first-order chi connectivity index (χ1) is 14.4. The van der Waals surface area contributed by atoms with Crippen molar-refractivity contribution in [3.8, 4) is 0 Å². The fraction of sp³-hybridized carbons (Fsp3) is 0.955. The van der Waals surface area contributed by atoms with Gasteiger partial charge in [-0.05, 0) is 6.42 Å². The molecule has 0 aliphatic heterocycles. The molecule has 0 fully saturated rings. The van der Waals surface area contributed by atoms with Crippen LogP contribution in [0.15, 0.2) is 0 Å². The third-order valence-electron chi connectivity index (χ3n) is 5.16. The van der Waals surface area contributed by atoms with Gasteiger partial charge in [0.2, 0.25) is 0 Å². The van der Waals surface area contributed by atoms with Gasteiger partial charge in [-0.15, -0.1) is 0 Å². The second kappa shape index (κ2) is 20.4. The summed E-state index contributed by atoms with van der Waals surface area (Å²) in [4.78, 5) is 19.4. The zero-order valence-corrected chi connectivity index (χ0v) is 19.8. The van der Waals surface area contributed by atoms with E-state index in [0.717, 1.165) is 12.8 Å². The van der Waals surface area contributed by atoms with Gasteiger partial charge in [0.05, 0.1) is 6.61 Å². The van der Waals surface area contributed by atoms with E-state index in [0.29, 0.717) is 6.61 Å². The Balaban J connectivity index is 3.23. The number of rotatable bonds is 23. The number of hydrogen-bond acceptors (Lipinski definition) is 5. The summed E-state index contributed by atoms with van der Waals surface area (Å²) in [5, 5.41) is 17.8. The maximum atomic E-state index is 11.1. The highest BCUT2D eigenvalue weighted by molar-refractivity contribution is 7.70. The summed E-state index contributed by atoms with van der Waals surface area (Å²) >= 11 is 0. The summed E-state index contributed by atoms with van der Waals surface area (Å²) in [6.45, 7) is 2.97. The maximum Gasteiger partial charge on any atom is 0.437 e. The molecule has 3 N–H and O–H groups in total. The molecule has 2 unspecified atom stereocenters. The zero-order valence-electron chi connectivity index (χ0n) is 18.9. The molecular weight excluding hydrogens is 407 g/mol. The second-order valence-electron chi connectivity index (χ2n) is 8.07. The van der Waals surface area contributed by atoms with Crippen molar-refractivity contribution in [3.63, 3.8) is 0 Å². The van der Waals surface area contributed by atoms with E-state index in [-0.39, 0.29) is 13.0 Å². The number of ether oxygens (including phenoxy) is 1. The Morgan fingerprint density at radius 3 is 1.57 bits per heavy atom. The largest absolute Gasteiger partial charge is 0.472 e. The van der Waals surface area contributed by atoms with E-state index in [4.69, 9.17) is 14.7 Å². The predicted octanol–water partition coefficient (Wildman–Crippen LogP) is 6.85. The molecule has 180 valence electrons. The first-order valence-electron chi connectivity index (χ1n) is 11.9. The summed E-state index contributed by atoms with van der Waals surface area (Å²) < 4.78 is 20.6. The Bertz CT molecular complexity index is 445. The molecule has 0 bridgehead atoms. The first kappa shape index (κ1) is 29.5. The standard InChI is InChI=1S/C22H45O7P/c1-2-3-4-5-6-7-8-9-10-11-12-13-14-15-16-17-19-28-20-18-21(23)29-30(26,27)22(24)25/h21,23H,2-20H2,1H3,(H,24,25)(H,26,27). The van der Waals surface area contributed by atoms with E-state index < -0.39 is 19.6 Å². The third-order valence-corrected chi connectivity index (χ3v) is 6.17. The Hall–Kier alpha value is -0.460. The molecule has 0 saturated heterocycles. The Morgan fingerprint density at radius 1 is 0.767 bits per heavy atom. The molecule has 0 aromatic rings. The van der Waals surface area contributed by atoms with Crippen LogP contribution >= 0.6 is 7.60 Å². The molecule has 0 spiro atoms. The van der Waals surface area contributed by atoms with Crippen LogP contribution in [0, 0.1) is 0 Å². The molecule has 0 amide bonds. The van der Waals surface area contributed by atoms with Crippen molar-refractivity contribution in [2.45, 2.75) is 122 Å². The van der Waals surface area contributed by atoms with Crippen LogP contribution < -0.4 is 0 Å². The van der Waals surface area contributed by atoms with Gasteiger partial charge in [-0.2, -0.15) is 0 Å². The van der Waals surface area contributed by atoms with E-state index in [1.807, 2.05) is 0 Å². The lowest BCUT2D eigenvalue weighted by molar-refractivity contribution is -0.0463. The van der Waals surface area contributed by atoms with E-state index >= 15 is 0 Å². The minimum absolute atomic E-state index is 0.0450. The van der Waals surface area contributed by atoms with Gasteiger partial charge in [0, 0.05) is 13.0 Å². The summed E-state index contributed by atoms with van der Waals surface area (Å²) in [5.74, 6) is 0. The minimum atomic E-state index is -4.80. The van der Waals surface area contributed by atoms with Crippen molar-refractivity contribution in [1.82, 2.24) is 0 Å². The molecule has 7 nitrogen and oxygen atoms in total. The molecule has 0 aromatic carbocycles. The number of aliphatic hydroxyl groups excluding tert-OH is 1. The van der Waals surface area contributed by atoms with Crippen molar-refractivity contribution in [1.29, 1.82) is 0 Å². The lowest BCUT2D eigenvalue weighted by Crippen LogP contribution is -2.15. The molecule has 2 atom stereocenters. The van der Waals surface area contributed by atoms with Crippen LogP contribution in [-0.2, 0) is 13.8 Å². The van der Waals surface area contributed by atoms with Crippen molar-refractivity contribution >= 4 is 13.3 Å². The number of unbranched alkanes of at least 4 members (excludes halogenated alkanes) is 15. The van der Waals surface area contributed by atoms with Crippen LogP contribution in [0.2, 0.25) is 0 Å². The van der Waals surface area contributed by atoms with Gasteiger partial charge >= 0.3 is 13.3 Å². The summed E-state index contributed by atoms with van der Waals surface area (Å²) in [5.41, 5.74) is -1.98. The summed E-state index contributed by atoms with van der Waals surface area (Å²) in [7, 11) is -4.80. The fourth-order valence-corrected chi connectivity index (χ4v) is 3.83. The molecule has 0 saturated carbocycles. The normalized spacial score (nSPS) is 14.5. The van der Waals surface area contributed by atoms with Crippen molar-refractivity contribution in [3.05, 3.63) is 0 Å². The van der Waals surface area contributed by atoms with E-state index in [9.17, 15) is 14.5 Å². The fourth-order valence-electron chi connectivity index (χ4n) is 3.30. The Labute approximate surface area is 183 Å². The quantitative estimate of drug-likeness (QED) is 0.0882. The zero-order chi connectivity index (χ0) is 22.5. The summed E-state index contributed by atoms with van der Waals surface area (Å²) in [6.07, 6.45) is 19.3. The maximum absolute atomic E-state index is 11.1. The van der Waals surface area contributed by atoms with E-state index in [2.05, 4.69) is 11.4 Å². The van der Waals surface area contributed by atoms with Gasteiger partial charge in [0.1, 0.15) is 0 Å². The lowest BCUT2D eigenvalue weighted by atomic mass is 10.0. The lowest BCUT2D eigenvalue weighted by Gasteiger charge is -2.13. The smallest absolute Gasteiger partial charge is 0.437 e. The van der Waals surface area contributed by atoms with Gasteiger partial charge in [-0.1, -0.05) is 103 Å². The van der Waals surface area contributed by atoms with Gasteiger partial charge in [0.25, 0.3) is 0 Å². The second-order valence-corrected chi connectivity index (χ2v) is 9.70. The van der Waals surface area contributed by atoms with Crippen LogP contribution in [0.1, 0.15) is 116 Å². The highest BCUT2D eigenvalue weighted by atomic mass is 31.2. The summed E-state index contributed by atoms with van der Waals surface area (Å²) in [6, 6.07) is 0. The van der Waals surface area contributed by atoms with Crippen LogP contribution in [0.4, 0.5) is 4.79 Å². The van der Waals surface area contributed by atoms with Crippen molar-refractivity contribution < 1.29 is 33.7 Å². The van der Waals surface area contributed by atoms with Crippen LogP contribution in [0.3, 0.4) is 0 Å². The van der Waals surface area contributed by atoms with Gasteiger partial charge in [-0.25, -0.2) is 9.36 Å². The minimum Gasteiger partial charge on any atom is -0.472 e. The topological polar surface area (TPSA) is 113 Å². The SMILES string of the molecule is CCCCCCCCCCCCCCCCCCOCCC(O)OP(=O)(O)C(=O)O. The molecule has 8 heteroatoms. The highest BCUT2D eigenvalue weighted by Crippen LogP contribution is 2.43. The molecule has 0 rings (SSSR count). The first-order valence-corrected chi connectivity index (χ1v) is 13.5. The highest BCUT2D eigenvalue weighted by Gasteiger charge is 2.33. The Kier molecular flexibility index (Phi) is 20.1. The monoisotopic (exact) mass is 452 g/mol. The molecule has 0 aliphatic rings. The number of hydrogen-bond donors (Lipinski definition) is 3. The van der Waals surface area contributed by atoms with Gasteiger partial charge < -0.3 is 19.8 Å². The van der Waals surface area contributed by atoms with Gasteiger partial charge in [-0.3, -0.25) is 4.52 Å². The van der Waals surface area contributed by atoms with E-state index in [1.54, 1.807) is 0 Å². The molecule has 0 aromatic heterocycles. The van der Waals surface area contributed by atoms with Crippen LogP contribution in [0.25, 0.3) is 0 Å². The Morgan fingerprint density at radius 2 is 1.17 bits per heavy atom. The molecular formula is C22H45O7P. The molecule has 0 radical (unpaired) electrons. The average Bonchev–Trinajstić information content (AvgIpc) is 2.69. The average molecular weight is 453 g/mol. The molecule has 30 heavy (non-hydrogen) atoms. The van der Waals surface area contributed by atoms with Crippen molar-refractivity contribution in [2.24, 2.45) is 0 Å². The molecule has 0 aliphatic carbocycles. The van der Waals surface area contributed by atoms with Crippen molar-refractivity contribution in [2.75, 3.05) is 13.2 Å². The van der Waals surface area contributed by atoms with E-state index in [1.165, 1.54) is 89.9 Å². The van der Waals surface area contributed by atoms with Gasteiger partial charge in [0.15, 0.2) is 6.29 Å². The van der Waals surface area contributed by atoms with Crippen LogP contribution in [0.5, 0.6) is 0 Å². The number of aliphatic hydroxyl groups is 1. The molecule has 0 heterocycles. The third kappa shape index (κ3) is 19.5. The van der Waals surface area contributed by atoms with Crippen LogP contribution in [-0.4, -0.2) is 40.3 Å². The number of carboxylic acid groups (broad SMARTS) is 1. The predicted molar refractivity (Wildman–Crippen MR) is 120 cm³/mol. The number of carbonyl (C=O) groups is 1.